The monoisotopic (exact) mass is 432 g/mol. The van der Waals surface area contributed by atoms with Crippen molar-refractivity contribution in [2.24, 2.45) is 0 Å². The smallest absolute Gasteiger partial charge is 0.304 e. The van der Waals surface area contributed by atoms with Gasteiger partial charge in [0.05, 0.1) is 25.2 Å². The fraction of sp³-hybridized carbons (Fsp3) is 0.333. The van der Waals surface area contributed by atoms with Gasteiger partial charge in [0, 0.05) is 25.0 Å². The highest BCUT2D eigenvalue weighted by Gasteiger charge is 2.47. The molecule has 0 bridgehead atoms. The van der Waals surface area contributed by atoms with E-state index in [1.165, 1.54) is 21.1 Å². The molecule has 9 heteroatoms. The summed E-state index contributed by atoms with van der Waals surface area (Å²) in [5.74, 6) is 0.325. The summed E-state index contributed by atoms with van der Waals surface area (Å²) in [6, 6.07) is 4.86. The fourth-order valence-electron chi connectivity index (χ4n) is 4.20. The lowest BCUT2D eigenvalue weighted by atomic mass is 9.95. The van der Waals surface area contributed by atoms with E-state index in [2.05, 4.69) is 0 Å². The highest BCUT2D eigenvalue weighted by Crippen LogP contribution is 2.51. The molecule has 3 aromatic rings. The van der Waals surface area contributed by atoms with Crippen LogP contribution in [0.4, 0.5) is 0 Å². The van der Waals surface area contributed by atoms with Crippen molar-refractivity contribution in [2.45, 2.75) is 31.8 Å². The average Bonchev–Trinajstić information content (AvgIpc) is 3.23. The predicted molar refractivity (Wildman–Crippen MR) is 107 cm³/mol. The molecule has 5 rings (SSSR count). The third kappa shape index (κ3) is 2.64. The van der Waals surface area contributed by atoms with Crippen LogP contribution in [0, 0.1) is 0 Å². The molecule has 0 aliphatic carbocycles. The summed E-state index contributed by atoms with van der Waals surface area (Å²) < 4.78 is 33.8. The summed E-state index contributed by atoms with van der Waals surface area (Å²) in [6.07, 6.45) is -1.00. The van der Waals surface area contributed by atoms with Crippen LogP contribution < -0.4 is 19.6 Å². The minimum atomic E-state index is -0.728. The minimum Gasteiger partial charge on any atom is -0.496 e. The highest BCUT2D eigenvalue weighted by atomic mass is 35.5. The van der Waals surface area contributed by atoms with Crippen molar-refractivity contribution >= 4 is 39.5 Å². The van der Waals surface area contributed by atoms with E-state index in [-0.39, 0.29) is 27.9 Å². The fourth-order valence-corrected chi connectivity index (χ4v) is 4.43. The number of benzene rings is 2. The standard InChI is InChI=1S/C21H17ClO8/c1-8(23)27-14-6-9-15-13(29-21(9)30-14)7-12(25-2)17-18(24)16-11(28-20(15)17)5-4-10(22)19(16)26-3/h4-5,7,9,14,21H,6H2,1-3H3/t9-,14+,21-/m0/s1. The van der Waals surface area contributed by atoms with Gasteiger partial charge in [-0.25, -0.2) is 0 Å². The van der Waals surface area contributed by atoms with Crippen LogP contribution in [0.25, 0.3) is 21.9 Å². The van der Waals surface area contributed by atoms with E-state index >= 15 is 0 Å². The van der Waals surface area contributed by atoms with Crippen molar-refractivity contribution in [3.8, 4) is 17.2 Å². The lowest BCUT2D eigenvalue weighted by Crippen LogP contribution is -2.19. The number of ether oxygens (including phenoxy) is 5. The Kier molecular flexibility index (Phi) is 4.30. The summed E-state index contributed by atoms with van der Waals surface area (Å²) in [5, 5.41) is 0.782. The summed E-state index contributed by atoms with van der Waals surface area (Å²) in [6.45, 7) is 1.32. The van der Waals surface area contributed by atoms with Gasteiger partial charge >= 0.3 is 5.97 Å². The molecule has 0 radical (unpaired) electrons. The van der Waals surface area contributed by atoms with Crippen molar-refractivity contribution in [3.63, 3.8) is 0 Å². The Morgan fingerprint density at radius 3 is 2.70 bits per heavy atom. The maximum Gasteiger partial charge on any atom is 0.304 e. The van der Waals surface area contributed by atoms with E-state index in [4.69, 9.17) is 39.7 Å². The Bertz CT molecular complexity index is 1260. The van der Waals surface area contributed by atoms with Gasteiger partial charge in [0.2, 0.25) is 18.0 Å². The summed E-state index contributed by atoms with van der Waals surface area (Å²) >= 11 is 6.21. The molecule has 30 heavy (non-hydrogen) atoms. The minimum absolute atomic E-state index is 0.228. The maximum absolute atomic E-state index is 13.5. The van der Waals surface area contributed by atoms with Crippen LogP contribution in [0.2, 0.25) is 5.02 Å². The molecule has 8 nitrogen and oxygen atoms in total. The first-order valence-electron chi connectivity index (χ1n) is 9.26. The first kappa shape index (κ1) is 19.0. The molecule has 1 aromatic heterocycles. The first-order chi connectivity index (χ1) is 14.4. The van der Waals surface area contributed by atoms with Crippen LogP contribution in [0.3, 0.4) is 0 Å². The Hall–Kier alpha value is -2.97. The lowest BCUT2D eigenvalue weighted by Gasteiger charge is -2.15. The van der Waals surface area contributed by atoms with E-state index in [9.17, 15) is 9.59 Å². The van der Waals surface area contributed by atoms with Gasteiger partial charge in [-0.3, -0.25) is 9.59 Å². The van der Waals surface area contributed by atoms with Crippen molar-refractivity contribution in [2.75, 3.05) is 14.2 Å². The topological polar surface area (TPSA) is 93.4 Å². The zero-order valence-corrected chi connectivity index (χ0v) is 17.1. The zero-order valence-electron chi connectivity index (χ0n) is 16.3. The molecule has 1 fully saturated rings. The van der Waals surface area contributed by atoms with E-state index in [1.54, 1.807) is 18.2 Å². The molecule has 3 atom stereocenters. The number of halogens is 1. The predicted octanol–water partition coefficient (Wildman–Crippen LogP) is 3.73. The van der Waals surface area contributed by atoms with Gasteiger partial charge in [0.25, 0.3) is 0 Å². The van der Waals surface area contributed by atoms with E-state index < -0.39 is 18.5 Å². The van der Waals surface area contributed by atoms with Gasteiger partial charge < -0.3 is 28.1 Å². The van der Waals surface area contributed by atoms with E-state index in [0.29, 0.717) is 39.7 Å². The number of carbonyl (C=O) groups is 1. The van der Waals surface area contributed by atoms with E-state index in [1.807, 2.05) is 0 Å². The van der Waals surface area contributed by atoms with Crippen LogP contribution >= 0.6 is 11.6 Å². The number of rotatable bonds is 3. The molecule has 0 unspecified atom stereocenters. The molecule has 3 heterocycles. The van der Waals surface area contributed by atoms with E-state index in [0.717, 1.165) is 0 Å². The lowest BCUT2D eigenvalue weighted by molar-refractivity contribution is -0.188. The number of methoxy groups -OCH3 is 2. The Balaban J connectivity index is 1.78. The van der Waals surface area contributed by atoms with Crippen LogP contribution in [-0.2, 0) is 14.3 Å². The van der Waals surface area contributed by atoms with Gasteiger partial charge in [0.15, 0.2) is 5.75 Å². The second-order valence-corrected chi connectivity index (χ2v) is 7.49. The molecule has 2 aliphatic heterocycles. The first-order valence-corrected chi connectivity index (χ1v) is 9.64. The normalized spacial score (nSPS) is 21.9. The quantitative estimate of drug-likeness (QED) is 0.456. The maximum atomic E-state index is 13.5. The average molecular weight is 433 g/mol. The van der Waals surface area contributed by atoms with Gasteiger partial charge in [-0.05, 0) is 12.1 Å². The number of hydrogen-bond donors (Lipinski definition) is 0. The molecule has 156 valence electrons. The van der Waals surface area contributed by atoms with Crippen LogP contribution in [0.1, 0.15) is 24.8 Å². The molecular weight excluding hydrogens is 416 g/mol. The number of carbonyl (C=O) groups excluding carboxylic acids is 1. The van der Waals surface area contributed by atoms with Crippen molar-refractivity contribution < 1.29 is 32.9 Å². The third-order valence-electron chi connectivity index (χ3n) is 5.38. The van der Waals surface area contributed by atoms with Crippen LogP contribution in [-0.4, -0.2) is 32.8 Å². The molecule has 2 aliphatic rings. The van der Waals surface area contributed by atoms with Gasteiger partial charge in [0.1, 0.15) is 33.4 Å². The Morgan fingerprint density at radius 1 is 1.20 bits per heavy atom. The second kappa shape index (κ2) is 6.78. The van der Waals surface area contributed by atoms with Crippen molar-refractivity contribution in [1.82, 2.24) is 0 Å². The zero-order chi connectivity index (χ0) is 21.2. The summed E-state index contributed by atoms with van der Waals surface area (Å²) in [5.41, 5.74) is 1.01. The molecular formula is C21H17ClO8. The van der Waals surface area contributed by atoms with Crippen molar-refractivity contribution in [1.29, 1.82) is 0 Å². The van der Waals surface area contributed by atoms with Crippen molar-refractivity contribution in [3.05, 3.63) is 39.0 Å². The molecule has 0 spiro atoms. The van der Waals surface area contributed by atoms with Gasteiger partial charge in [-0.1, -0.05) is 11.6 Å². The summed E-state index contributed by atoms with van der Waals surface area (Å²) in [4.78, 5) is 24.8. The number of fused-ring (bicyclic) bond motifs is 6. The second-order valence-electron chi connectivity index (χ2n) is 7.08. The highest BCUT2D eigenvalue weighted by molar-refractivity contribution is 6.33. The number of hydrogen-bond acceptors (Lipinski definition) is 8. The molecule has 0 N–H and O–H groups in total. The molecule has 0 amide bonds. The summed E-state index contributed by atoms with van der Waals surface area (Å²) in [7, 11) is 2.90. The Labute approximate surface area is 175 Å². The number of esters is 1. The van der Waals surface area contributed by atoms with Gasteiger partial charge in [-0.2, -0.15) is 0 Å². The molecule has 1 saturated heterocycles. The SMILES string of the molecule is COc1c(Cl)ccc2oc3c4c(cc(OC)c3c(=O)c12)O[C@H]1O[C@@H](OC(C)=O)C[C@@H]41. The largest absolute Gasteiger partial charge is 0.496 e. The van der Waals surface area contributed by atoms with Gasteiger partial charge in [-0.15, -0.1) is 0 Å². The Morgan fingerprint density at radius 2 is 2.00 bits per heavy atom. The third-order valence-corrected chi connectivity index (χ3v) is 5.68. The van der Waals surface area contributed by atoms with Crippen LogP contribution in [0.5, 0.6) is 17.2 Å². The molecule has 0 saturated carbocycles. The molecule has 2 aromatic carbocycles. The van der Waals surface area contributed by atoms with Crippen LogP contribution in [0.15, 0.2) is 27.4 Å².